The molecule has 0 unspecified atom stereocenters. The lowest BCUT2D eigenvalue weighted by Gasteiger charge is -2.25. The van der Waals surface area contributed by atoms with E-state index in [9.17, 15) is 4.79 Å². The molecule has 0 saturated carbocycles. The Morgan fingerprint density at radius 3 is 2.63 bits per heavy atom. The summed E-state index contributed by atoms with van der Waals surface area (Å²) in [6.45, 7) is 5.85. The monoisotopic (exact) mass is 324 g/mol. The maximum Gasteiger partial charge on any atom is 0.410 e. The Balaban J connectivity index is 2.81. The maximum absolute atomic E-state index is 11.9. The third-order valence-electron chi connectivity index (χ3n) is 2.31. The van der Waals surface area contributed by atoms with Crippen LogP contribution in [0.15, 0.2) is 22.7 Å². The van der Waals surface area contributed by atoms with E-state index in [1.807, 2.05) is 26.8 Å². The van der Waals surface area contributed by atoms with Crippen molar-refractivity contribution in [3.05, 3.63) is 33.8 Å². The van der Waals surface area contributed by atoms with Gasteiger partial charge in [-0.15, -0.1) is 0 Å². The van der Waals surface area contributed by atoms with Crippen LogP contribution in [-0.4, -0.2) is 23.6 Å². The number of hydrogen-bond acceptors (Lipinski definition) is 3. The average Bonchev–Trinajstić information content (AvgIpc) is 2.29. The third kappa shape index (κ3) is 4.56. The minimum atomic E-state index is -0.517. The van der Waals surface area contributed by atoms with Gasteiger partial charge in [0, 0.05) is 18.1 Å². The maximum atomic E-state index is 11.9. The second kappa shape index (κ2) is 6.07. The minimum absolute atomic E-state index is 0.380. The summed E-state index contributed by atoms with van der Waals surface area (Å²) in [7, 11) is 1.67. The van der Waals surface area contributed by atoms with Crippen molar-refractivity contribution in [1.82, 2.24) is 4.90 Å². The first-order valence-electron chi connectivity index (χ1n) is 5.86. The molecule has 1 aromatic carbocycles. The van der Waals surface area contributed by atoms with Crippen LogP contribution in [-0.2, 0) is 11.3 Å². The Labute approximate surface area is 122 Å². The van der Waals surface area contributed by atoms with Crippen molar-refractivity contribution in [2.45, 2.75) is 32.9 Å². The molecule has 0 radical (unpaired) electrons. The second-order valence-electron chi connectivity index (χ2n) is 5.23. The van der Waals surface area contributed by atoms with Crippen molar-refractivity contribution in [2.24, 2.45) is 0 Å². The van der Waals surface area contributed by atoms with Crippen LogP contribution in [0.25, 0.3) is 0 Å². The van der Waals surface area contributed by atoms with Crippen LogP contribution in [0.2, 0.25) is 0 Å². The van der Waals surface area contributed by atoms with E-state index < -0.39 is 5.60 Å². The van der Waals surface area contributed by atoms with Gasteiger partial charge in [-0.25, -0.2) is 4.79 Å². The topological polar surface area (TPSA) is 53.3 Å². The normalized spacial score (nSPS) is 10.7. The summed E-state index contributed by atoms with van der Waals surface area (Å²) in [6.07, 6.45) is -0.387. The van der Waals surface area contributed by atoms with Crippen LogP contribution in [0.3, 0.4) is 0 Å². The molecule has 1 amide bonds. The van der Waals surface area contributed by atoms with Crippen molar-refractivity contribution in [2.75, 3.05) is 7.05 Å². The van der Waals surface area contributed by atoms with E-state index in [1.165, 1.54) is 4.90 Å². The molecule has 1 rings (SSSR count). The van der Waals surface area contributed by atoms with E-state index in [1.54, 1.807) is 19.2 Å². The van der Waals surface area contributed by atoms with Crippen LogP contribution in [0.1, 0.15) is 31.9 Å². The third-order valence-corrected chi connectivity index (χ3v) is 3.25. The van der Waals surface area contributed by atoms with Crippen molar-refractivity contribution in [3.63, 3.8) is 0 Å². The van der Waals surface area contributed by atoms with Crippen molar-refractivity contribution in [3.8, 4) is 6.07 Å². The predicted octanol–water partition coefficient (Wildman–Crippen LogP) is 3.69. The largest absolute Gasteiger partial charge is 0.444 e. The van der Waals surface area contributed by atoms with Crippen LogP contribution in [0.5, 0.6) is 0 Å². The fourth-order valence-electron chi connectivity index (χ4n) is 1.45. The molecule has 0 saturated heterocycles. The second-order valence-corrected chi connectivity index (χ2v) is 6.02. The zero-order valence-electron chi connectivity index (χ0n) is 11.5. The minimum Gasteiger partial charge on any atom is -0.444 e. The van der Waals surface area contributed by atoms with Gasteiger partial charge in [0.25, 0.3) is 0 Å². The summed E-state index contributed by atoms with van der Waals surface area (Å²) < 4.78 is 5.99. The molecule has 0 N–H and O–H groups in total. The summed E-state index contributed by atoms with van der Waals surface area (Å²) in [5.41, 5.74) is 0.902. The highest BCUT2D eigenvalue weighted by molar-refractivity contribution is 9.10. The summed E-state index contributed by atoms with van der Waals surface area (Å²) in [6, 6.07) is 7.48. The highest BCUT2D eigenvalue weighted by Gasteiger charge is 2.20. The number of benzene rings is 1. The van der Waals surface area contributed by atoms with E-state index >= 15 is 0 Å². The predicted molar refractivity (Wildman–Crippen MR) is 76.6 cm³/mol. The number of amides is 1. The summed E-state index contributed by atoms with van der Waals surface area (Å²) >= 11 is 3.38. The average molecular weight is 325 g/mol. The summed E-state index contributed by atoms with van der Waals surface area (Å²) in [5, 5.41) is 8.95. The highest BCUT2D eigenvalue weighted by atomic mass is 79.9. The molecule has 0 fully saturated rings. The molecule has 0 aliphatic carbocycles. The van der Waals surface area contributed by atoms with Crippen molar-refractivity contribution >= 4 is 22.0 Å². The molecule has 0 aliphatic heterocycles. The zero-order chi connectivity index (χ0) is 14.6. The van der Waals surface area contributed by atoms with Gasteiger partial charge < -0.3 is 9.64 Å². The van der Waals surface area contributed by atoms with Gasteiger partial charge in [-0.3, -0.25) is 0 Å². The van der Waals surface area contributed by atoms with Gasteiger partial charge in [0.15, 0.2) is 0 Å². The Kier molecular flexibility index (Phi) is 4.96. The number of carbonyl (C=O) groups excluding carboxylic acids is 1. The number of hydrogen-bond donors (Lipinski definition) is 0. The summed E-state index contributed by atoms with van der Waals surface area (Å²) in [4.78, 5) is 13.3. The molecule has 19 heavy (non-hydrogen) atoms. The van der Waals surface area contributed by atoms with Gasteiger partial charge in [-0.1, -0.05) is 12.1 Å². The lowest BCUT2D eigenvalue weighted by molar-refractivity contribution is 0.0285. The molecule has 0 bridgehead atoms. The molecule has 0 heterocycles. The molecule has 102 valence electrons. The van der Waals surface area contributed by atoms with Gasteiger partial charge in [-0.2, -0.15) is 5.26 Å². The number of nitriles is 1. The fraction of sp³-hybridized carbons (Fsp3) is 0.429. The first kappa shape index (κ1) is 15.5. The highest BCUT2D eigenvalue weighted by Crippen LogP contribution is 2.22. The number of ether oxygens (including phenoxy) is 1. The van der Waals surface area contributed by atoms with Crippen LogP contribution in [0.4, 0.5) is 4.79 Å². The van der Waals surface area contributed by atoms with E-state index in [0.29, 0.717) is 16.6 Å². The first-order valence-corrected chi connectivity index (χ1v) is 6.65. The smallest absolute Gasteiger partial charge is 0.410 e. The molecule has 0 aliphatic rings. The van der Waals surface area contributed by atoms with Crippen LogP contribution in [0, 0.1) is 11.3 Å². The quantitative estimate of drug-likeness (QED) is 0.833. The first-order chi connectivity index (χ1) is 8.74. The van der Waals surface area contributed by atoms with Crippen molar-refractivity contribution < 1.29 is 9.53 Å². The molecule has 4 nitrogen and oxygen atoms in total. The van der Waals surface area contributed by atoms with Crippen LogP contribution < -0.4 is 0 Å². The molecule has 5 heteroatoms. The Bertz CT molecular complexity index is 515. The van der Waals surface area contributed by atoms with Gasteiger partial charge in [0.1, 0.15) is 11.7 Å². The van der Waals surface area contributed by atoms with Crippen molar-refractivity contribution in [1.29, 1.82) is 5.26 Å². The van der Waals surface area contributed by atoms with E-state index in [2.05, 4.69) is 22.0 Å². The van der Waals surface area contributed by atoms with Crippen LogP contribution >= 0.6 is 15.9 Å². The lowest BCUT2D eigenvalue weighted by atomic mass is 10.1. The Hall–Kier alpha value is -1.54. The van der Waals surface area contributed by atoms with Gasteiger partial charge >= 0.3 is 6.09 Å². The number of rotatable bonds is 2. The molecule has 0 atom stereocenters. The van der Waals surface area contributed by atoms with Gasteiger partial charge in [0.2, 0.25) is 0 Å². The standard InChI is InChI=1S/C14H17BrN2O2/c1-14(2,3)19-13(18)17(4)9-11-7-5-6-10(8-16)12(11)15/h5-7H,9H2,1-4H3. The lowest BCUT2D eigenvalue weighted by Crippen LogP contribution is -2.33. The molecule has 0 aromatic heterocycles. The number of nitrogens with zero attached hydrogens (tertiary/aromatic N) is 2. The molecule has 1 aromatic rings. The van der Waals surface area contributed by atoms with Gasteiger partial charge in [-0.05, 0) is 48.3 Å². The summed E-state index contributed by atoms with van der Waals surface area (Å²) in [5.74, 6) is 0. The Morgan fingerprint density at radius 1 is 1.47 bits per heavy atom. The SMILES string of the molecule is CN(Cc1cccc(C#N)c1Br)C(=O)OC(C)(C)C. The zero-order valence-corrected chi connectivity index (χ0v) is 13.1. The van der Waals surface area contributed by atoms with E-state index in [4.69, 9.17) is 10.00 Å². The number of carbonyl (C=O) groups is 1. The fourth-order valence-corrected chi connectivity index (χ4v) is 1.93. The molecular formula is C14H17BrN2O2. The number of halogens is 1. The Morgan fingerprint density at radius 2 is 2.11 bits per heavy atom. The molecular weight excluding hydrogens is 308 g/mol. The van der Waals surface area contributed by atoms with E-state index in [0.717, 1.165) is 5.56 Å². The van der Waals surface area contributed by atoms with E-state index in [-0.39, 0.29) is 6.09 Å². The van der Waals surface area contributed by atoms with Gasteiger partial charge in [0.05, 0.1) is 5.56 Å². The molecule has 0 spiro atoms.